The fourth-order valence-electron chi connectivity index (χ4n) is 2.28. The van der Waals surface area contributed by atoms with E-state index in [1.54, 1.807) is 16.6 Å². The van der Waals surface area contributed by atoms with Gasteiger partial charge in [-0.05, 0) is 12.5 Å². The molecule has 1 N–H and O–H groups in total. The van der Waals surface area contributed by atoms with E-state index in [4.69, 9.17) is 4.74 Å². The summed E-state index contributed by atoms with van der Waals surface area (Å²) in [4.78, 5) is 11.4. The predicted octanol–water partition coefficient (Wildman–Crippen LogP) is 2.09. The number of ether oxygens (including phenoxy) is 1. The number of amides is 1. The van der Waals surface area contributed by atoms with Crippen molar-refractivity contribution < 1.29 is 9.53 Å². The summed E-state index contributed by atoms with van der Waals surface area (Å²) in [6, 6.07) is 13.3. The number of nitrogens with one attached hydrogen (secondary N) is 1. The summed E-state index contributed by atoms with van der Waals surface area (Å²) in [6.45, 7) is 2.78. The summed E-state index contributed by atoms with van der Waals surface area (Å²) in [7, 11) is 0. The molecule has 0 fully saturated rings. The Bertz CT molecular complexity index is 816. The Morgan fingerprint density at radius 1 is 1.17 bits per heavy atom. The molecule has 1 aromatic carbocycles. The number of hydrogen-bond acceptors (Lipinski definition) is 5. The molecule has 1 amide bonds. The Kier molecular flexibility index (Phi) is 5.00. The third kappa shape index (κ3) is 3.68. The van der Waals surface area contributed by atoms with Gasteiger partial charge in [-0.1, -0.05) is 37.3 Å². The minimum absolute atomic E-state index is 0.0367. The van der Waals surface area contributed by atoms with Gasteiger partial charge < -0.3 is 10.1 Å². The van der Waals surface area contributed by atoms with Crippen LogP contribution in [0.15, 0.2) is 42.5 Å². The van der Waals surface area contributed by atoms with Crippen molar-refractivity contribution >= 4 is 11.6 Å². The molecular weight excluding hydrogens is 306 g/mol. The zero-order valence-electron chi connectivity index (χ0n) is 13.5. The molecule has 7 nitrogen and oxygen atoms in total. The molecule has 7 heteroatoms. The maximum atomic E-state index is 11.4. The Hall–Kier alpha value is -2.96. The number of carbonyl (C=O) groups is 1. The van der Waals surface area contributed by atoms with Crippen LogP contribution < -0.4 is 10.1 Å². The lowest BCUT2D eigenvalue weighted by molar-refractivity contribution is -0.121. The first-order chi connectivity index (χ1) is 11.8. The van der Waals surface area contributed by atoms with Crippen LogP contribution in [0, 0.1) is 0 Å². The van der Waals surface area contributed by atoms with E-state index >= 15 is 0 Å². The molecule has 3 aromatic rings. The number of benzene rings is 1. The molecule has 24 heavy (non-hydrogen) atoms. The molecule has 3 rings (SSSR count). The highest BCUT2D eigenvalue weighted by Crippen LogP contribution is 2.18. The first-order valence-electron chi connectivity index (χ1n) is 7.95. The zero-order chi connectivity index (χ0) is 16.8. The average Bonchev–Trinajstić information content (AvgIpc) is 3.03. The first kappa shape index (κ1) is 15.9. The molecule has 124 valence electrons. The van der Waals surface area contributed by atoms with Crippen molar-refractivity contribution in [1.82, 2.24) is 25.1 Å². The van der Waals surface area contributed by atoms with Crippen molar-refractivity contribution in [2.45, 2.75) is 19.8 Å². The van der Waals surface area contributed by atoms with E-state index in [2.05, 4.69) is 20.6 Å². The van der Waals surface area contributed by atoms with Crippen molar-refractivity contribution in [2.24, 2.45) is 0 Å². The van der Waals surface area contributed by atoms with Gasteiger partial charge in [-0.3, -0.25) is 4.79 Å². The lowest BCUT2D eigenvalue weighted by Crippen LogP contribution is -2.27. The monoisotopic (exact) mass is 325 g/mol. The van der Waals surface area contributed by atoms with Crippen molar-refractivity contribution in [3.05, 3.63) is 42.5 Å². The lowest BCUT2D eigenvalue weighted by atomic mass is 10.2. The molecule has 0 saturated heterocycles. The second-order valence-electron chi connectivity index (χ2n) is 5.28. The SMILES string of the molecule is CCCC(=O)NCCOc1ccc2nnc(-c3ccccc3)n2n1. The van der Waals surface area contributed by atoms with Gasteiger partial charge in [0.15, 0.2) is 11.5 Å². The number of rotatable bonds is 7. The molecule has 0 bridgehead atoms. The highest BCUT2D eigenvalue weighted by molar-refractivity contribution is 5.75. The number of fused-ring (bicyclic) bond motifs is 1. The Labute approximate surface area is 139 Å². The standard InChI is InChI=1S/C17H19N5O2/c1-2-6-15(23)18-11-12-24-16-10-9-14-19-20-17(22(14)21-16)13-7-4-3-5-8-13/h3-5,7-10H,2,6,11-12H2,1H3,(H,18,23). The van der Waals surface area contributed by atoms with E-state index in [9.17, 15) is 4.79 Å². The molecule has 0 atom stereocenters. The van der Waals surface area contributed by atoms with Crippen LogP contribution >= 0.6 is 0 Å². The molecular formula is C17H19N5O2. The van der Waals surface area contributed by atoms with E-state index in [0.717, 1.165) is 12.0 Å². The highest BCUT2D eigenvalue weighted by atomic mass is 16.5. The largest absolute Gasteiger partial charge is 0.475 e. The molecule has 2 aromatic heterocycles. The summed E-state index contributed by atoms with van der Waals surface area (Å²) in [5.41, 5.74) is 1.58. The van der Waals surface area contributed by atoms with Crippen LogP contribution in [-0.4, -0.2) is 38.9 Å². The number of nitrogens with zero attached hydrogens (tertiary/aromatic N) is 4. The summed E-state index contributed by atoms with van der Waals surface area (Å²) >= 11 is 0. The minimum Gasteiger partial charge on any atom is -0.475 e. The quantitative estimate of drug-likeness (QED) is 0.673. The van der Waals surface area contributed by atoms with E-state index in [1.165, 1.54) is 0 Å². The number of aromatic nitrogens is 4. The topological polar surface area (TPSA) is 81.4 Å². The van der Waals surface area contributed by atoms with Crippen LogP contribution in [0.25, 0.3) is 17.0 Å². The van der Waals surface area contributed by atoms with Crippen molar-refractivity contribution in [2.75, 3.05) is 13.2 Å². The molecule has 2 heterocycles. The smallest absolute Gasteiger partial charge is 0.231 e. The van der Waals surface area contributed by atoms with Crippen LogP contribution in [0.4, 0.5) is 0 Å². The Morgan fingerprint density at radius 2 is 2.00 bits per heavy atom. The molecule has 0 aliphatic carbocycles. The third-order valence-electron chi connectivity index (χ3n) is 3.42. The van der Waals surface area contributed by atoms with Crippen molar-refractivity contribution in [1.29, 1.82) is 0 Å². The summed E-state index contributed by atoms with van der Waals surface area (Å²) in [5.74, 6) is 1.16. The summed E-state index contributed by atoms with van der Waals surface area (Å²) in [6.07, 6.45) is 1.37. The number of hydrogen-bond donors (Lipinski definition) is 1. The Balaban J connectivity index is 1.68. The third-order valence-corrected chi connectivity index (χ3v) is 3.42. The zero-order valence-corrected chi connectivity index (χ0v) is 13.5. The predicted molar refractivity (Wildman–Crippen MR) is 89.6 cm³/mol. The van der Waals surface area contributed by atoms with E-state index in [1.807, 2.05) is 37.3 Å². The summed E-state index contributed by atoms with van der Waals surface area (Å²) in [5, 5.41) is 15.5. The first-order valence-corrected chi connectivity index (χ1v) is 7.95. The molecule has 0 unspecified atom stereocenters. The second-order valence-corrected chi connectivity index (χ2v) is 5.28. The molecule has 0 radical (unpaired) electrons. The normalized spacial score (nSPS) is 10.7. The highest BCUT2D eigenvalue weighted by Gasteiger charge is 2.10. The van der Waals surface area contributed by atoms with Crippen LogP contribution in [0.3, 0.4) is 0 Å². The van der Waals surface area contributed by atoms with Gasteiger partial charge in [-0.15, -0.1) is 15.3 Å². The van der Waals surface area contributed by atoms with Gasteiger partial charge in [-0.25, -0.2) is 0 Å². The summed E-state index contributed by atoms with van der Waals surface area (Å²) < 4.78 is 7.25. The van der Waals surface area contributed by atoms with Crippen molar-refractivity contribution in [3.63, 3.8) is 0 Å². The Morgan fingerprint density at radius 3 is 2.79 bits per heavy atom. The van der Waals surface area contributed by atoms with Gasteiger partial charge >= 0.3 is 0 Å². The maximum absolute atomic E-state index is 11.4. The fourth-order valence-corrected chi connectivity index (χ4v) is 2.28. The lowest BCUT2D eigenvalue weighted by Gasteiger charge is -2.07. The van der Waals surface area contributed by atoms with E-state index < -0.39 is 0 Å². The fraction of sp³-hybridized carbons (Fsp3) is 0.294. The minimum atomic E-state index is 0.0367. The van der Waals surface area contributed by atoms with Gasteiger partial charge in [0.1, 0.15) is 6.61 Å². The maximum Gasteiger partial charge on any atom is 0.231 e. The van der Waals surface area contributed by atoms with Gasteiger partial charge in [0.2, 0.25) is 11.8 Å². The average molecular weight is 325 g/mol. The van der Waals surface area contributed by atoms with E-state index in [0.29, 0.717) is 36.9 Å². The molecule has 0 aliphatic rings. The van der Waals surface area contributed by atoms with Crippen LogP contribution in [0.1, 0.15) is 19.8 Å². The van der Waals surface area contributed by atoms with Crippen LogP contribution in [-0.2, 0) is 4.79 Å². The molecule has 0 spiro atoms. The molecule has 0 saturated carbocycles. The number of carbonyl (C=O) groups excluding carboxylic acids is 1. The van der Waals surface area contributed by atoms with Crippen molar-refractivity contribution in [3.8, 4) is 17.3 Å². The van der Waals surface area contributed by atoms with E-state index in [-0.39, 0.29) is 5.91 Å². The molecule has 0 aliphatic heterocycles. The van der Waals surface area contributed by atoms with Gasteiger partial charge in [0.25, 0.3) is 0 Å². The second kappa shape index (κ2) is 7.54. The van der Waals surface area contributed by atoms with Crippen LogP contribution in [0.2, 0.25) is 0 Å². The van der Waals surface area contributed by atoms with Crippen LogP contribution in [0.5, 0.6) is 5.88 Å². The van der Waals surface area contributed by atoms with Gasteiger partial charge in [0, 0.05) is 18.1 Å². The van der Waals surface area contributed by atoms with Gasteiger partial charge in [0.05, 0.1) is 6.54 Å². The van der Waals surface area contributed by atoms with Gasteiger partial charge in [-0.2, -0.15) is 4.52 Å².